The number of hydrogen-bond acceptors (Lipinski definition) is 7. The summed E-state index contributed by atoms with van der Waals surface area (Å²) in [5.41, 5.74) is 1.38. The van der Waals surface area contributed by atoms with E-state index < -0.39 is 23.9 Å². The standard InChI is InChI=1S/C23H30N4O5/c1-4-9-32-15-20(23(30)27-13-16(14-28)10-17(27)11-24)26-22(29)12-25-19-7-6-8-21(31-3)18(19)5-2/h5-8,14,16-17,20,25H,2,4,9-10,12-13,15H2,1,3H3,(H,26,29). The number of methoxy groups -OCH3 is 1. The van der Waals surface area contributed by atoms with Gasteiger partial charge in [0.2, 0.25) is 11.8 Å². The van der Waals surface area contributed by atoms with Gasteiger partial charge in [-0.3, -0.25) is 9.59 Å². The van der Waals surface area contributed by atoms with Crippen LogP contribution in [0.25, 0.3) is 6.08 Å². The summed E-state index contributed by atoms with van der Waals surface area (Å²) in [5, 5.41) is 15.1. The van der Waals surface area contributed by atoms with Gasteiger partial charge in [0, 0.05) is 30.3 Å². The van der Waals surface area contributed by atoms with E-state index in [2.05, 4.69) is 23.3 Å². The Hall–Kier alpha value is -3.38. The van der Waals surface area contributed by atoms with Gasteiger partial charge in [0.15, 0.2) is 0 Å². The van der Waals surface area contributed by atoms with Crippen molar-refractivity contribution in [1.29, 1.82) is 5.26 Å². The second-order valence-electron chi connectivity index (χ2n) is 7.44. The number of benzene rings is 1. The summed E-state index contributed by atoms with van der Waals surface area (Å²) in [4.78, 5) is 38.2. The van der Waals surface area contributed by atoms with Crippen molar-refractivity contribution in [1.82, 2.24) is 10.2 Å². The second kappa shape index (κ2) is 12.5. The Kier molecular flexibility index (Phi) is 9.70. The fourth-order valence-electron chi connectivity index (χ4n) is 3.56. The van der Waals surface area contributed by atoms with Gasteiger partial charge in [-0.05, 0) is 25.0 Å². The molecule has 32 heavy (non-hydrogen) atoms. The maximum atomic E-state index is 13.1. The van der Waals surface area contributed by atoms with Crippen LogP contribution in [-0.4, -0.2) is 68.5 Å². The van der Waals surface area contributed by atoms with E-state index in [9.17, 15) is 19.6 Å². The molecule has 9 nitrogen and oxygen atoms in total. The average Bonchev–Trinajstić information content (AvgIpc) is 3.25. The summed E-state index contributed by atoms with van der Waals surface area (Å²) >= 11 is 0. The van der Waals surface area contributed by atoms with E-state index in [4.69, 9.17) is 9.47 Å². The van der Waals surface area contributed by atoms with E-state index in [-0.39, 0.29) is 25.6 Å². The highest BCUT2D eigenvalue weighted by Gasteiger charge is 2.38. The number of carbonyl (C=O) groups is 3. The Bertz CT molecular complexity index is 866. The molecule has 2 amide bonds. The minimum Gasteiger partial charge on any atom is -0.496 e. The molecule has 2 rings (SSSR count). The third-order valence-corrected chi connectivity index (χ3v) is 5.15. The van der Waals surface area contributed by atoms with E-state index in [1.807, 2.05) is 6.92 Å². The normalized spacial score (nSPS) is 18.3. The fourth-order valence-corrected chi connectivity index (χ4v) is 3.56. The lowest BCUT2D eigenvalue weighted by atomic mass is 10.1. The van der Waals surface area contributed by atoms with Gasteiger partial charge in [0.25, 0.3) is 0 Å². The van der Waals surface area contributed by atoms with Crippen molar-refractivity contribution in [3.05, 3.63) is 30.3 Å². The van der Waals surface area contributed by atoms with Gasteiger partial charge in [0.1, 0.15) is 24.1 Å². The van der Waals surface area contributed by atoms with Gasteiger partial charge >= 0.3 is 0 Å². The monoisotopic (exact) mass is 442 g/mol. The van der Waals surface area contributed by atoms with Crippen LogP contribution in [0, 0.1) is 17.2 Å². The minimum absolute atomic E-state index is 0.0180. The van der Waals surface area contributed by atoms with Crippen molar-refractivity contribution in [2.75, 3.05) is 38.7 Å². The molecule has 0 saturated carbocycles. The van der Waals surface area contributed by atoms with Crippen LogP contribution < -0.4 is 15.4 Å². The largest absolute Gasteiger partial charge is 0.496 e. The van der Waals surface area contributed by atoms with E-state index in [0.29, 0.717) is 24.5 Å². The number of amides is 2. The molecule has 0 aliphatic carbocycles. The maximum absolute atomic E-state index is 13.1. The Morgan fingerprint density at radius 2 is 2.22 bits per heavy atom. The molecule has 1 aliphatic heterocycles. The van der Waals surface area contributed by atoms with E-state index in [0.717, 1.165) is 18.3 Å². The van der Waals surface area contributed by atoms with Crippen molar-refractivity contribution in [2.45, 2.75) is 31.8 Å². The highest BCUT2D eigenvalue weighted by Crippen LogP contribution is 2.27. The lowest BCUT2D eigenvalue weighted by molar-refractivity contribution is -0.138. The number of nitriles is 1. The number of rotatable bonds is 12. The SMILES string of the molecule is C=Cc1c(NCC(=O)NC(COCCC)C(=O)N2CC(C=O)CC2C#N)cccc1OC. The first-order valence-electron chi connectivity index (χ1n) is 10.5. The van der Waals surface area contributed by atoms with Crippen LogP contribution in [0.5, 0.6) is 5.75 Å². The molecule has 0 spiro atoms. The first-order chi connectivity index (χ1) is 15.5. The Morgan fingerprint density at radius 3 is 2.84 bits per heavy atom. The average molecular weight is 443 g/mol. The molecule has 9 heteroatoms. The molecule has 1 aromatic rings. The van der Waals surface area contributed by atoms with Gasteiger partial charge in [0.05, 0.1) is 26.3 Å². The molecule has 0 bridgehead atoms. The molecule has 1 saturated heterocycles. The predicted octanol–water partition coefficient (Wildman–Crippen LogP) is 1.60. The third kappa shape index (κ3) is 6.31. The molecule has 1 aliphatic rings. The quantitative estimate of drug-likeness (QED) is 0.373. The van der Waals surface area contributed by atoms with Crippen molar-refractivity contribution in [3.63, 3.8) is 0 Å². The van der Waals surface area contributed by atoms with Crippen molar-refractivity contribution >= 4 is 29.9 Å². The molecule has 0 aromatic heterocycles. The van der Waals surface area contributed by atoms with Gasteiger partial charge in [-0.1, -0.05) is 25.6 Å². The van der Waals surface area contributed by atoms with E-state index in [1.54, 1.807) is 31.4 Å². The summed E-state index contributed by atoms with van der Waals surface area (Å²) in [6.07, 6.45) is 3.44. The summed E-state index contributed by atoms with van der Waals surface area (Å²) in [7, 11) is 1.55. The molecular formula is C23H30N4O5. The van der Waals surface area contributed by atoms with Crippen LogP contribution in [0.15, 0.2) is 24.8 Å². The Labute approximate surface area is 188 Å². The molecule has 2 N–H and O–H groups in total. The van der Waals surface area contributed by atoms with Crippen molar-refractivity contribution in [3.8, 4) is 11.8 Å². The Morgan fingerprint density at radius 1 is 1.44 bits per heavy atom. The molecule has 3 atom stereocenters. The molecular weight excluding hydrogens is 412 g/mol. The van der Waals surface area contributed by atoms with Crippen molar-refractivity contribution in [2.24, 2.45) is 5.92 Å². The maximum Gasteiger partial charge on any atom is 0.248 e. The summed E-state index contributed by atoms with van der Waals surface area (Å²) < 4.78 is 10.8. The number of likely N-dealkylation sites (tertiary alicyclic amines) is 1. The number of carbonyl (C=O) groups excluding carboxylic acids is 3. The molecule has 3 unspecified atom stereocenters. The van der Waals surface area contributed by atoms with Crippen LogP contribution >= 0.6 is 0 Å². The number of aldehydes is 1. The van der Waals surface area contributed by atoms with Crippen LogP contribution in [0.4, 0.5) is 5.69 Å². The van der Waals surface area contributed by atoms with Crippen LogP contribution in [0.3, 0.4) is 0 Å². The molecule has 172 valence electrons. The highest BCUT2D eigenvalue weighted by atomic mass is 16.5. The fraction of sp³-hybridized carbons (Fsp3) is 0.478. The van der Waals surface area contributed by atoms with Gasteiger partial charge in [-0.2, -0.15) is 5.26 Å². The first-order valence-corrected chi connectivity index (χ1v) is 10.5. The van der Waals surface area contributed by atoms with Crippen molar-refractivity contribution < 1.29 is 23.9 Å². The van der Waals surface area contributed by atoms with Crippen LogP contribution in [0.2, 0.25) is 0 Å². The molecule has 1 fully saturated rings. The predicted molar refractivity (Wildman–Crippen MR) is 120 cm³/mol. The topological polar surface area (TPSA) is 121 Å². The molecule has 1 aromatic carbocycles. The highest BCUT2D eigenvalue weighted by molar-refractivity contribution is 5.90. The minimum atomic E-state index is -0.957. The zero-order valence-corrected chi connectivity index (χ0v) is 18.5. The number of nitrogens with one attached hydrogen (secondary N) is 2. The van der Waals surface area contributed by atoms with Gasteiger partial charge in [-0.15, -0.1) is 0 Å². The first kappa shape index (κ1) is 24.9. The molecule has 0 radical (unpaired) electrons. The van der Waals surface area contributed by atoms with Gasteiger partial charge < -0.3 is 29.8 Å². The number of hydrogen-bond donors (Lipinski definition) is 2. The van der Waals surface area contributed by atoms with Gasteiger partial charge in [-0.25, -0.2) is 0 Å². The summed E-state index contributed by atoms with van der Waals surface area (Å²) in [6, 6.07) is 5.77. The molecule has 1 heterocycles. The zero-order chi connectivity index (χ0) is 23.5. The smallest absolute Gasteiger partial charge is 0.248 e. The summed E-state index contributed by atoms with van der Waals surface area (Å²) in [6.45, 7) is 6.19. The second-order valence-corrected chi connectivity index (χ2v) is 7.44. The van der Waals surface area contributed by atoms with Crippen LogP contribution in [0.1, 0.15) is 25.3 Å². The number of ether oxygens (including phenoxy) is 2. The van der Waals surface area contributed by atoms with Crippen LogP contribution in [-0.2, 0) is 19.1 Å². The lowest BCUT2D eigenvalue weighted by Gasteiger charge is -2.26. The van der Waals surface area contributed by atoms with E-state index in [1.165, 1.54) is 4.90 Å². The lowest BCUT2D eigenvalue weighted by Crippen LogP contribution is -2.53. The van der Waals surface area contributed by atoms with E-state index >= 15 is 0 Å². The zero-order valence-electron chi connectivity index (χ0n) is 18.5. The summed E-state index contributed by atoms with van der Waals surface area (Å²) in [5.74, 6) is -0.615. The number of nitrogens with zero attached hydrogens (tertiary/aromatic N) is 2. The Balaban J connectivity index is 2.07. The third-order valence-electron chi connectivity index (χ3n) is 5.15. The number of anilines is 1.